The van der Waals surface area contributed by atoms with Crippen LogP contribution < -0.4 is 4.74 Å². The quantitative estimate of drug-likeness (QED) is 0.794. The van der Waals surface area contributed by atoms with Gasteiger partial charge in [0.15, 0.2) is 11.6 Å². The highest BCUT2D eigenvalue weighted by Crippen LogP contribution is 2.19. The molecule has 20 heavy (non-hydrogen) atoms. The number of rotatable bonds is 4. The van der Waals surface area contributed by atoms with Crippen molar-refractivity contribution in [2.45, 2.75) is 13.2 Å². The summed E-state index contributed by atoms with van der Waals surface area (Å²) >= 11 is 0. The van der Waals surface area contributed by atoms with E-state index in [1.807, 2.05) is 35.0 Å². The maximum atomic E-state index is 13.7. The Balaban J connectivity index is 1.75. The van der Waals surface area contributed by atoms with Gasteiger partial charge in [-0.25, -0.2) is 9.37 Å². The molecule has 0 saturated carbocycles. The number of benzene rings is 1. The molecule has 2 aromatic heterocycles. The molecule has 0 amide bonds. The van der Waals surface area contributed by atoms with Crippen molar-refractivity contribution in [3.05, 3.63) is 65.9 Å². The molecule has 5 heteroatoms. The summed E-state index contributed by atoms with van der Waals surface area (Å²) in [6.45, 7) is 0.000702. The average molecular weight is 272 g/mol. The normalized spacial score (nSPS) is 10.9. The van der Waals surface area contributed by atoms with Gasteiger partial charge in [0, 0.05) is 12.4 Å². The standard InChI is InChI=1S/C15H13FN2O2/c16-13-7-11(9-19)4-5-14(13)20-10-12-8-18-6-2-1-3-15(18)17-12/h1-8,19H,9-10H2. The highest BCUT2D eigenvalue weighted by Gasteiger charge is 2.06. The van der Waals surface area contributed by atoms with E-state index < -0.39 is 5.82 Å². The molecule has 4 nitrogen and oxygen atoms in total. The maximum Gasteiger partial charge on any atom is 0.165 e. The SMILES string of the molecule is OCc1ccc(OCc2cn3ccccc3n2)c(F)c1. The lowest BCUT2D eigenvalue weighted by Gasteiger charge is -2.06. The minimum Gasteiger partial charge on any atom is -0.484 e. The first-order valence-electron chi connectivity index (χ1n) is 6.21. The Kier molecular flexibility index (Phi) is 3.35. The van der Waals surface area contributed by atoms with E-state index in [1.54, 1.807) is 6.07 Å². The van der Waals surface area contributed by atoms with Crippen molar-refractivity contribution in [2.75, 3.05) is 0 Å². The van der Waals surface area contributed by atoms with Crippen LogP contribution in [-0.2, 0) is 13.2 Å². The van der Waals surface area contributed by atoms with Gasteiger partial charge in [-0.05, 0) is 29.8 Å². The maximum absolute atomic E-state index is 13.7. The molecular weight excluding hydrogens is 259 g/mol. The number of hydrogen-bond acceptors (Lipinski definition) is 3. The van der Waals surface area contributed by atoms with E-state index in [0.29, 0.717) is 5.56 Å². The number of aliphatic hydroxyl groups is 1. The summed E-state index contributed by atoms with van der Waals surface area (Å²) < 4.78 is 21.0. The minimum atomic E-state index is -0.486. The number of ether oxygens (including phenoxy) is 1. The Hall–Kier alpha value is -2.40. The van der Waals surface area contributed by atoms with Crippen LogP contribution in [0.3, 0.4) is 0 Å². The lowest BCUT2D eigenvalue weighted by molar-refractivity contribution is 0.275. The molecule has 0 radical (unpaired) electrons. The lowest BCUT2D eigenvalue weighted by Crippen LogP contribution is -1.98. The Morgan fingerprint density at radius 2 is 2.15 bits per heavy atom. The predicted octanol–water partition coefficient (Wildman–Crippen LogP) is 2.54. The van der Waals surface area contributed by atoms with E-state index >= 15 is 0 Å². The van der Waals surface area contributed by atoms with Gasteiger partial charge in [-0.2, -0.15) is 0 Å². The van der Waals surface area contributed by atoms with Crippen molar-refractivity contribution < 1.29 is 14.2 Å². The van der Waals surface area contributed by atoms with Crippen LogP contribution in [0.5, 0.6) is 5.75 Å². The number of aliphatic hydroxyl groups excluding tert-OH is 1. The van der Waals surface area contributed by atoms with Crippen LogP contribution in [-0.4, -0.2) is 14.5 Å². The van der Waals surface area contributed by atoms with Crippen molar-refractivity contribution in [1.82, 2.24) is 9.38 Å². The Labute approximate surface area is 115 Å². The zero-order valence-corrected chi connectivity index (χ0v) is 10.7. The first-order chi connectivity index (χ1) is 9.76. The van der Waals surface area contributed by atoms with Crippen molar-refractivity contribution in [3.8, 4) is 5.75 Å². The van der Waals surface area contributed by atoms with E-state index in [4.69, 9.17) is 9.84 Å². The van der Waals surface area contributed by atoms with Crippen LogP contribution in [0.4, 0.5) is 4.39 Å². The fraction of sp³-hybridized carbons (Fsp3) is 0.133. The molecule has 102 valence electrons. The van der Waals surface area contributed by atoms with E-state index in [-0.39, 0.29) is 19.0 Å². The highest BCUT2D eigenvalue weighted by molar-refractivity contribution is 5.39. The molecule has 0 bridgehead atoms. The second kappa shape index (κ2) is 5.30. The summed E-state index contributed by atoms with van der Waals surface area (Å²) in [6.07, 6.45) is 3.73. The summed E-state index contributed by atoms with van der Waals surface area (Å²) in [5.74, 6) is -0.334. The molecule has 0 unspecified atom stereocenters. The number of hydrogen-bond donors (Lipinski definition) is 1. The third-order valence-electron chi connectivity index (χ3n) is 2.97. The predicted molar refractivity (Wildman–Crippen MR) is 71.8 cm³/mol. The summed E-state index contributed by atoms with van der Waals surface area (Å²) in [6, 6.07) is 10.1. The molecule has 2 heterocycles. The van der Waals surface area contributed by atoms with Gasteiger partial charge in [0.2, 0.25) is 0 Å². The number of aromatic nitrogens is 2. The van der Waals surface area contributed by atoms with Crippen LogP contribution in [0.15, 0.2) is 48.8 Å². The van der Waals surface area contributed by atoms with Gasteiger partial charge in [0.25, 0.3) is 0 Å². The summed E-state index contributed by atoms with van der Waals surface area (Å²) in [4.78, 5) is 4.37. The molecule has 0 aliphatic heterocycles. The van der Waals surface area contributed by atoms with E-state index in [0.717, 1.165) is 11.3 Å². The smallest absolute Gasteiger partial charge is 0.165 e. The molecule has 0 atom stereocenters. The van der Waals surface area contributed by atoms with Crippen LogP contribution in [0.25, 0.3) is 5.65 Å². The molecule has 0 saturated heterocycles. The largest absolute Gasteiger partial charge is 0.484 e. The minimum absolute atomic E-state index is 0.152. The van der Waals surface area contributed by atoms with Gasteiger partial charge in [-0.15, -0.1) is 0 Å². The molecule has 1 aromatic carbocycles. The Morgan fingerprint density at radius 3 is 2.90 bits per heavy atom. The first kappa shape index (κ1) is 12.6. The molecule has 0 spiro atoms. The van der Waals surface area contributed by atoms with Gasteiger partial charge >= 0.3 is 0 Å². The average Bonchev–Trinajstić information content (AvgIpc) is 2.88. The Morgan fingerprint density at radius 1 is 1.25 bits per heavy atom. The fourth-order valence-corrected chi connectivity index (χ4v) is 1.97. The number of pyridine rings is 1. The molecule has 0 fully saturated rings. The second-order valence-electron chi connectivity index (χ2n) is 4.41. The van der Waals surface area contributed by atoms with Crippen molar-refractivity contribution in [1.29, 1.82) is 0 Å². The van der Waals surface area contributed by atoms with Gasteiger partial charge in [-0.1, -0.05) is 12.1 Å². The third-order valence-corrected chi connectivity index (χ3v) is 2.97. The summed E-state index contributed by atoms with van der Waals surface area (Å²) in [5.41, 5.74) is 2.06. The van der Waals surface area contributed by atoms with E-state index in [1.165, 1.54) is 12.1 Å². The second-order valence-corrected chi connectivity index (χ2v) is 4.41. The van der Waals surface area contributed by atoms with Gasteiger partial charge in [-0.3, -0.25) is 0 Å². The van der Waals surface area contributed by atoms with Crippen LogP contribution >= 0.6 is 0 Å². The summed E-state index contributed by atoms with van der Waals surface area (Å²) in [7, 11) is 0. The Bertz CT molecular complexity index is 707. The summed E-state index contributed by atoms with van der Waals surface area (Å²) in [5, 5.41) is 8.92. The zero-order chi connectivity index (χ0) is 13.9. The first-order valence-corrected chi connectivity index (χ1v) is 6.21. The van der Waals surface area contributed by atoms with E-state index in [2.05, 4.69) is 4.98 Å². The zero-order valence-electron chi connectivity index (χ0n) is 10.7. The number of nitrogens with zero attached hydrogens (tertiary/aromatic N) is 2. The monoisotopic (exact) mass is 272 g/mol. The van der Waals surface area contributed by atoms with Crippen LogP contribution in [0.1, 0.15) is 11.3 Å². The molecule has 1 N–H and O–H groups in total. The molecule has 3 rings (SSSR count). The van der Waals surface area contributed by atoms with Gasteiger partial charge in [0.1, 0.15) is 12.3 Å². The van der Waals surface area contributed by atoms with Gasteiger partial charge < -0.3 is 14.2 Å². The fourth-order valence-electron chi connectivity index (χ4n) is 1.97. The van der Waals surface area contributed by atoms with Crippen molar-refractivity contribution >= 4 is 5.65 Å². The highest BCUT2D eigenvalue weighted by atomic mass is 19.1. The molecule has 0 aliphatic rings. The van der Waals surface area contributed by atoms with Crippen LogP contribution in [0.2, 0.25) is 0 Å². The molecule has 0 aliphatic carbocycles. The molecular formula is C15H13FN2O2. The number of fused-ring (bicyclic) bond motifs is 1. The number of imidazole rings is 1. The third kappa shape index (κ3) is 2.48. The van der Waals surface area contributed by atoms with E-state index in [9.17, 15) is 4.39 Å². The van der Waals surface area contributed by atoms with Crippen LogP contribution in [0, 0.1) is 5.82 Å². The van der Waals surface area contributed by atoms with Gasteiger partial charge in [0.05, 0.1) is 12.3 Å². The number of halogens is 1. The van der Waals surface area contributed by atoms with Crippen molar-refractivity contribution in [2.24, 2.45) is 0 Å². The molecule has 3 aromatic rings. The van der Waals surface area contributed by atoms with Crippen molar-refractivity contribution in [3.63, 3.8) is 0 Å². The topological polar surface area (TPSA) is 46.8 Å². The lowest BCUT2D eigenvalue weighted by atomic mass is 10.2.